The third-order valence-corrected chi connectivity index (χ3v) is 2.23. The molecule has 1 radical (unpaired) electrons. The molecule has 0 saturated heterocycles. The number of hydrogen-bond donors (Lipinski definition) is 3. The van der Waals surface area contributed by atoms with Gasteiger partial charge in [0.2, 0.25) is 0 Å². The summed E-state index contributed by atoms with van der Waals surface area (Å²) in [6.07, 6.45) is -1.51. The first-order valence-electron chi connectivity index (χ1n) is 5.54. The van der Waals surface area contributed by atoms with Gasteiger partial charge in [0.25, 0.3) is 0 Å². The Kier molecular flexibility index (Phi) is 11.4. The second kappa shape index (κ2) is 11.0. The Labute approximate surface area is 130 Å². The first kappa shape index (κ1) is 21.6. The fourth-order valence-electron chi connectivity index (χ4n) is 1.31. The molecule has 0 rings (SSSR count). The molecule has 2 atom stereocenters. The van der Waals surface area contributed by atoms with E-state index in [9.17, 15) is 34.5 Å². The van der Waals surface area contributed by atoms with E-state index in [1.165, 1.54) is 0 Å². The van der Waals surface area contributed by atoms with E-state index in [4.69, 9.17) is 5.11 Å². The number of rotatable bonds is 11. The Morgan fingerprint density at radius 2 is 1.24 bits per heavy atom. The molecule has 0 bridgehead atoms. The number of carbonyl (C=O) groups excluding carboxylic acids is 3. The van der Waals surface area contributed by atoms with Crippen LogP contribution in [0, 0.1) is 0 Å². The van der Waals surface area contributed by atoms with Gasteiger partial charge in [-0.1, -0.05) is 0 Å². The summed E-state index contributed by atoms with van der Waals surface area (Å²) < 4.78 is 0. The average Bonchev–Trinajstić information content (AvgIpc) is 2.29. The van der Waals surface area contributed by atoms with Crippen LogP contribution in [-0.4, -0.2) is 54.2 Å². The van der Waals surface area contributed by atoms with Crippen molar-refractivity contribution in [3.63, 3.8) is 0 Å². The minimum Gasteiger partial charge on any atom is -0.550 e. The van der Waals surface area contributed by atoms with Gasteiger partial charge in [-0.3, -0.25) is 4.79 Å². The molecule has 0 aliphatic heterocycles. The number of aliphatic carboxylic acids is 4. The van der Waals surface area contributed by atoms with Gasteiger partial charge < -0.3 is 45.4 Å². The molecule has 2 unspecified atom stereocenters. The molecule has 119 valence electrons. The fourth-order valence-corrected chi connectivity index (χ4v) is 1.31. The van der Waals surface area contributed by atoms with Gasteiger partial charge in [0.05, 0.1) is 30.4 Å². The van der Waals surface area contributed by atoms with Gasteiger partial charge in [0.15, 0.2) is 0 Å². The zero-order chi connectivity index (χ0) is 15.7. The van der Waals surface area contributed by atoms with Crippen LogP contribution in [0.15, 0.2) is 0 Å². The molecule has 0 aliphatic rings. The summed E-state index contributed by atoms with van der Waals surface area (Å²) in [7, 11) is 0. The van der Waals surface area contributed by atoms with E-state index in [1.807, 2.05) is 0 Å². The van der Waals surface area contributed by atoms with Crippen LogP contribution in [0.4, 0.5) is 0 Å². The van der Waals surface area contributed by atoms with Crippen molar-refractivity contribution in [3.05, 3.63) is 0 Å². The van der Waals surface area contributed by atoms with Gasteiger partial charge in [0, 0.05) is 25.5 Å². The molecule has 0 fully saturated rings. The van der Waals surface area contributed by atoms with Crippen LogP contribution in [0.5, 0.6) is 0 Å². The number of hydrogen-bond acceptors (Lipinski definition) is 9. The predicted molar refractivity (Wildman–Crippen MR) is 55.5 cm³/mol. The Morgan fingerprint density at radius 3 is 1.52 bits per heavy atom. The third kappa shape index (κ3) is 10.7. The van der Waals surface area contributed by atoms with E-state index in [-0.39, 0.29) is 30.2 Å². The van der Waals surface area contributed by atoms with Crippen molar-refractivity contribution in [1.29, 1.82) is 0 Å². The van der Waals surface area contributed by atoms with Crippen molar-refractivity contribution < 1.29 is 56.7 Å². The standard InChI is InChI=1S/C10H16N2O8.Fe/c13-7(14)3-5(9(17)18)11-1-2-12-6(10(19)20)4-8(15)16;/h5-6,11-12H,1-4H2,(H,13,14)(H,15,16)(H,17,18)(H,19,20);/q;+3/p-3. The number of carbonyl (C=O) groups is 4. The van der Waals surface area contributed by atoms with Gasteiger partial charge in [-0.25, -0.2) is 0 Å². The Hall–Kier alpha value is -1.68. The summed E-state index contributed by atoms with van der Waals surface area (Å²) in [6.45, 7) is -0.224. The Bertz CT molecular complexity index is 353. The monoisotopic (exact) mass is 345 g/mol. The summed E-state index contributed by atoms with van der Waals surface area (Å²) in [5.41, 5.74) is 0. The molecule has 0 spiro atoms. The first-order valence-corrected chi connectivity index (χ1v) is 5.54. The normalized spacial score (nSPS) is 12.8. The van der Waals surface area contributed by atoms with E-state index in [0.29, 0.717) is 0 Å². The maximum Gasteiger partial charge on any atom is 3.00 e. The smallest absolute Gasteiger partial charge is 0.550 e. The molecule has 0 heterocycles. The zero-order valence-corrected chi connectivity index (χ0v) is 11.7. The third-order valence-electron chi connectivity index (χ3n) is 2.23. The molecule has 21 heavy (non-hydrogen) atoms. The van der Waals surface area contributed by atoms with E-state index >= 15 is 0 Å². The fraction of sp³-hybridized carbons (Fsp3) is 0.600. The number of carboxylic acids is 4. The van der Waals surface area contributed by atoms with Gasteiger partial charge in [-0.2, -0.15) is 0 Å². The summed E-state index contributed by atoms with van der Waals surface area (Å²) in [5.74, 6) is -6.18. The van der Waals surface area contributed by atoms with E-state index < -0.39 is 48.8 Å². The zero-order valence-electron chi connectivity index (χ0n) is 10.6. The van der Waals surface area contributed by atoms with E-state index in [1.54, 1.807) is 0 Å². The van der Waals surface area contributed by atoms with Crippen LogP contribution in [-0.2, 0) is 36.2 Å². The van der Waals surface area contributed by atoms with Gasteiger partial charge >= 0.3 is 23.0 Å². The number of carboxylic acid groups (broad SMARTS) is 4. The minimum atomic E-state index is -1.64. The van der Waals surface area contributed by atoms with Crippen molar-refractivity contribution in [2.45, 2.75) is 24.9 Å². The molecule has 0 saturated carbocycles. The van der Waals surface area contributed by atoms with Crippen LogP contribution in [0.3, 0.4) is 0 Å². The summed E-state index contributed by atoms with van der Waals surface area (Å²) in [4.78, 5) is 41.7. The van der Waals surface area contributed by atoms with Crippen molar-refractivity contribution in [3.8, 4) is 0 Å². The van der Waals surface area contributed by atoms with Gasteiger partial charge in [0.1, 0.15) is 0 Å². The molecule has 0 aromatic heterocycles. The molecule has 0 aromatic rings. The van der Waals surface area contributed by atoms with E-state index in [2.05, 4.69) is 10.6 Å². The average molecular weight is 345 g/mol. The van der Waals surface area contributed by atoms with Crippen LogP contribution < -0.4 is 26.0 Å². The van der Waals surface area contributed by atoms with Crippen LogP contribution in [0.25, 0.3) is 0 Å². The maximum atomic E-state index is 10.6. The van der Waals surface area contributed by atoms with Crippen molar-refractivity contribution in [1.82, 2.24) is 10.6 Å². The van der Waals surface area contributed by atoms with Crippen molar-refractivity contribution >= 4 is 23.9 Å². The topological polar surface area (TPSA) is 182 Å². The molecule has 3 N–H and O–H groups in total. The molecule has 11 heteroatoms. The Morgan fingerprint density at radius 1 is 0.857 bits per heavy atom. The first-order chi connectivity index (χ1) is 9.23. The molecule has 0 aromatic carbocycles. The van der Waals surface area contributed by atoms with Gasteiger partial charge in [-0.15, -0.1) is 0 Å². The largest absolute Gasteiger partial charge is 3.00 e. The van der Waals surface area contributed by atoms with Crippen LogP contribution in [0.2, 0.25) is 0 Å². The van der Waals surface area contributed by atoms with Crippen molar-refractivity contribution in [2.24, 2.45) is 0 Å². The predicted octanol–water partition coefficient (Wildman–Crippen LogP) is -5.99. The minimum absolute atomic E-state index is 0. The summed E-state index contributed by atoms with van der Waals surface area (Å²) >= 11 is 0. The second-order valence-corrected chi connectivity index (χ2v) is 3.83. The summed E-state index contributed by atoms with van der Waals surface area (Å²) in [6, 6.07) is -2.92. The Balaban J connectivity index is 0. The molecule has 0 amide bonds. The summed E-state index contributed by atoms with van der Waals surface area (Å²) in [5, 5.41) is 44.4. The maximum absolute atomic E-state index is 10.6. The number of nitrogens with one attached hydrogen (secondary N) is 2. The molecular formula is C10H13FeN2O8. The molecular weight excluding hydrogens is 332 g/mol. The quantitative estimate of drug-likeness (QED) is 0.241. The van der Waals surface area contributed by atoms with Crippen LogP contribution in [0.1, 0.15) is 12.8 Å². The molecule has 0 aliphatic carbocycles. The van der Waals surface area contributed by atoms with Gasteiger partial charge in [-0.05, 0) is 0 Å². The van der Waals surface area contributed by atoms with Crippen LogP contribution >= 0.6 is 0 Å². The van der Waals surface area contributed by atoms with Crippen molar-refractivity contribution in [2.75, 3.05) is 13.1 Å². The van der Waals surface area contributed by atoms with E-state index in [0.717, 1.165) is 0 Å². The second-order valence-electron chi connectivity index (χ2n) is 3.83. The SMILES string of the molecule is O=C([O-])CC(NCCNC(CC(=O)O)C(=O)[O-])C(=O)[O-].[Fe+3]. The molecule has 10 nitrogen and oxygen atoms in total.